The molecule has 0 atom stereocenters. The van der Waals surface area contributed by atoms with E-state index < -0.39 is 15.6 Å². The summed E-state index contributed by atoms with van der Waals surface area (Å²) in [5.74, 6) is -0.753. The maximum absolute atomic E-state index is 12.9. The molecule has 12 nitrogen and oxygen atoms in total. The molecule has 2 aromatic heterocycles. The Bertz CT molecular complexity index is 1340. The number of piperidine rings is 1. The number of amides is 2. The second-order valence-corrected chi connectivity index (χ2v) is 10.8. The van der Waals surface area contributed by atoms with Gasteiger partial charge in [0.1, 0.15) is 11.2 Å². The first-order chi connectivity index (χ1) is 16.6. The Morgan fingerprint density at radius 1 is 1.20 bits per heavy atom. The number of aromatic nitrogens is 3. The van der Waals surface area contributed by atoms with Gasteiger partial charge in [-0.2, -0.15) is 5.10 Å². The lowest BCUT2D eigenvalue weighted by atomic mass is 9.86. The molecular weight excluding hydrogens is 492 g/mol. The summed E-state index contributed by atoms with van der Waals surface area (Å²) in [5, 5.41) is 12.1. The van der Waals surface area contributed by atoms with Gasteiger partial charge in [-0.25, -0.2) is 18.1 Å². The maximum Gasteiger partial charge on any atom is 0.275 e. The van der Waals surface area contributed by atoms with E-state index in [0.29, 0.717) is 42.4 Å². The quantitative estimate of drug-likeness (QED) is 0.343. The second kappa shape index (κ2) is 9.64. The summed E-state index contributed by atoms with van der Waals surface area (Å²) in [5.41, 5.74) is 6.85. The predicted octanol–water partition coefficient (Wildman–Crippen LogP) is 0.996. The van der Waals surface area contributed by atoms with Gasteiger partial charge in [0.05, 0.1) is 35.7 Å². The van der Waals surface area contributed by atoms with Gasteiger partial charge >= 0.3 is 0 Å². The lowest BCUT2D eigenvalue weighted by molar-refractivity contribution is -0.125. The summed E-state index contributed by atoms with van der Waals surface area (Å²) in [6, 6.07) is 7.45. The number of benzene rings is 1. The van der Waals surface area contributed by atoms with Crippen LogP contribution in [0.1, 0.15) is 23.3 Å². The summed E-state index contributed by atoms with van der Waals surface area (Å²) in [7, 11) is -1.69. The molecule has 1 aliphatic rings. The van der Waals surface area contributed by atoms with Crippen LogP contribution in [0.4, 0.5) is 17.1 Å². The number of hydrogen-bond acceptors (Lipinski definition) is 9. The number of hydrogen-bond donors (Lipinski definition) is 4. The van der Waals surface area contributed by atoms with Crippen LogP contribution in [0, 0.1) is 0 Å². The molecule has 0 aliphatic carbocycles. The highest BCUT2D eigenvalue weighted by Gasteiger charge is 2.38. The van der Waals surface area contributed by atoms with E-state index in [2.05, 4.69) is 30.3 Å². The minimum Gasteiger partial charge on any atom is -0.370 e. The molecule has 2 amide bonds. The largest absolute Gasteiger partial charge is 0.370 e. The first-order valence-electron chi connectivity index (χ1n) is 10.7. The molecule has 0 radical (unpaired) electrons. The third kappa shape index (κ3) is 5.44. The monoisotopic (exact) mass is 518 g/mol. The number of nitrogens with one attached hydrogen (secondary N) is 3. The van der Waals surface area contributed by atoms with Gasteiger partial charge < -0.3 is 21.3 Å². The molecule has 186 valence electrons. The van der Waals surface area contributed by atoms with E-state index in [1.165, 1.54) is 28.4 Å². The number of sulfonamides is 1. The molecule has 1 aliphatic heterocycles. The number of para-hydroxylation sites is 2. The van der Waals surface area contributed by atoms with Gasteiger partial charge in [-0.05, 0) is 32.0 Å². The minimum absolute atomic E-state index is 0.203. The molecule has 5 N–H and O–H groups in total. The Morgan fingerprint density at radius 3 is 2.57 bits per heavy atom. The van der Waals surface area contributed by atoms with E-state index >= 15 is 0 Å². The van der Waals surface area contributed by atoms with E-state index in [9.17, 15) is 18.0 Å². The first-order valence-corrected chi connectivity index (χ1v) is 13.5. The fraction of sp³-hybridized carbons (Fsp3) is 0.333. The zero-order valence-electron chi connectivity index (χ0n) is 19.2. The molecule has 3 aromatic rings. The van der Waals surface area contributed by atoms with Crippen molar-refractivity contribution in [1.82, 2.24) is 20.1 Å². The van der Waals surface area contributed by atoms with Gasteiger partial charge in [0, 0.05) is 18.5 Å². The smallest absolute Gasteiger partial charge is 0.275 e. The number of thiazole rings is 1. The Kier molecular flexibility index (Phi) is 6.78. The molecule has 1 fully saturated rings. The molecule has 14 heteroatoms. The van der Waals surface area contributed by atoms with E-state index in [1.807, 2.05) is 24.3 Å². The van der Waals surface area contributed by atoms with Gasteiger partial charge in [0.15, 0.2) is 0 Å². The standard InChI is InChI=1S/C21H26N8O4S2/c1-23-21(19(22)31)7-9-28(10-8-21)17-6-4-3-5-15(17)25-18(30)16-13-34-20(26-16)29-12-14(11-24-29)27-35(2,32)33/h3-6,11-13,23,27H,7-10H2,1-2H3,(H2,22,31)(H,25,30). The lowest BCUT2D eigenvalue weighted by Crippen LogP contribution is -2.59. The molecule has 1 saturated heterocycles. The summed E-state index contributed by atoms with van der Waals surface area (Å²) >= 11 is 1.20. The molecular formula is C21H26N8O4S2. The molecule has 0 spiro atoms. The molecule has 3 heterocycles. The first kappa shape index (κ1) is 24.6. The Labute approximate surface area is 206 Å². The summed E-state index contributed by atoms with van der Waals surface area (Å²) in [6.07, 6.45) is 4.99. The van der Waals surface area contributed by atoms with Crippen LogP contribution in [0.5, 0.6) is 0 Å². The summed E-state index contributed by atoms with van der Waals surface area (Å²) in [6.45, 7) is 1.20. The van der Waals surface area contributed by atoms with Gasteiger partial charge in [-0.1, -0.05) is 12.1 Å². The minimum atomic E-state index is -3.43. The highest BCUT2D eigenvalue weighted by molar-refractivity contribution is 7.92. The Hall–Kier alpha value is -3.49. The molecule has 4 rings (SSSR count). The number of primary amides is 1. The zero-order valence-corrected chi connectivity index (χ0v) is 20.8. The van der Waals surface area contributed by atoms with E-state index in [4.69, 9.17) is 5.73 Å². The van der Waals surface area contributed by atoms with Crippen LogP contribution in [0.25, 0.3) is 5.13 Å². The van der Waals surface area contributed by atoms with Crippen molar-refractivity contribution >= 4 is 50.2 Å². The average Bonchev–Trinajstić information content (AvgIpc) is 3.48. The third-order valence-corrected chi connectivity index (χ3v) is 7.30. The number of rotatable bonds is 8. The van der Waals surface area contributed by atoms with Crippen LogP contribution in [0.15, 0.2) is 42.0 Å². The number of likely N-dealkylation sites (N-methyl/N-ethyl adjacent to an activating group) is 1. The molecule has 0 bridgehead atoms. The number of anilines is 3. The fourth-order valence-corrected chi connectivity index (χ4v) is 5.23. The number of carbonyl (C=O) groups excluding carboxylic acids is 2. The second-order valence-electron chi connectivity index (χ2n) is 8.22. The summed E-state index contributed by atoms with van der Waals surface area (Å²) < 4.78 is 26.5. The van der Waals surface area contributed by atoms with Crippen molar-refractivity contribution < 1.29 is 18.0 Å². The lowest BCUT2D eigenvalue weighted by Gasteiger charge is -2.41. The van der Waals surface area contributed by atoms with Crippen molar-refractivity contribution in [1.29, 1.82) is 0 Å². The van der Waals surface area contributed by atoms with Crippen LogP contribution < -0.4 is 26.0 Å². The van der Waals surface area contributed by atoms with Crippen LogP contribution in [0.2, 0.25) is 0 Å². The van der Waals surface area contributed by atoms with E-state index in [1.54, 1.807) is 12.4 Å². The van der Waals surface area contributed by atoms with Crippen molar-refractivity contribution in [2.75, 3.05) is 41.3 Å². The zero-order chi connectivity index (χ0) is 25.2. The number of carbonyl (C=O) groups is 2. The highest BCUT2D eigenvalue weighted by Crippen LogP contribution is 2.31. The molecule has 0 saturated carbocycles. The maximum atomic E-state index is 12.9. The predicted molar refractivity (Wildman–Crippen MR) is 135 cm³/mol. The fourth-order valence-electron chi connectivity index (χ4n) is 3.96. The molecule has 1 aromatic carbocycles. The van der Waals surface area contributed by atoms with E-state index in [0.717, 1.165) is 11.9 Å². The molecule has 35 heavy (non-hydrogen) atoms. The Balaban J connectivity index is 1.47. The van der Waals surface area contributed by atoms with Gasteiger partial charge in [-0.3, -0.25) is 14.3 Å². The van der Waals surface area contributed by atoms with Crippen LogP contribution in [-0.4, -0.2) is 66.9 Å². The van der Waals surface area contributed by atoms with Crippen molar-refractivity contribution in [3.05, 3.63) is 47.7 Å². The highest BCUT2D eigenvalue weighted by atomic mass is 32.2. The van der Waals surface area contributed by atoms with Crippen LogP contribution in [0.3, 0.4) is 0 Å². The Morgan fingerprint density at radius 2 is 1.91 bits per heavy atom. The topological polar surface area (TPSA) is 164 Å². The normalized spacial score (nSPS) is 15.5. The van der Waals surface area contributed by atoms with Crippen LogP contribution in [-0.2, 0) is 14.8 Å². The van der Waals surface area contributed by atoms with Gasteiger partial charge in [0.25, 0.3) is 5.91 Å². The van der Waals surface area contributed by atoms with Crippen molar-refractivity contribution in [2.24, 2.45) is 5.73 Å². The third-order valence-electron chi connectivity index (χ3n) is 5.87. The van der Waals surface area contributed by atoms with Gasteiger partial charge in [-0.15, -0.1) is 11.3 Å². The molecule has 0 unspecified atom stereocenters. The van der Waals surface area contributed by atoms with Crippen molar-refractivity contribution in [2.45, 2.75) is 18.4 Å². The van der Waals surface area contributed by atoms with E-state index in [-0.39, 0.29) is 17.5 Å². The van der Waals surface area contributed by atoms with Crippen molar-refractivity contribution in [3.63, 3.8) is 0 Å². The SMILES string of the molecule is CNC1(C(N)=O)CCN(c2ccccc2NC(=O)c2csc(-n3cc(NS(C)(=O)=O)cn3)n2)CC1. The van der Waals surface area contributed by atoms with Crippen LogP contribution >= 0.6 is 11.3 Å². The average molecular weight is 519 g/mol. The van der Waals surface area contributed by atoms with Gasteiger partial charge in [0.2, 0.25) is 21.1 Å². The number of nitrogens with zero attached hydrogens (tertiary/aromatic N) is 4. The van der Waals surface area contributed by atoms with Crippen molar-refractivity contribution in [3.8, 4) is 5.13 Å². The number of nitrogens with two attached hydrogens (primary N) is 1. The summed E-state index contributed by atoms with van der Waals surface area (Å²) in [4.78, 5) is 31.3.